The maximum atomic E-state index is 12.6. The van der Waals surface area contributed by atoms with Crippen molar-refractivity contribution < 1.29 is 13.2 Å². The van der Waals surface area contributed by atoms with Crippen LogP contribution in [0.1, 0.15) is 15.9 Å². The number of thioether (sulfide) groups is 1. The van der Waals surface area contributed by atoms with Gasteiger partial charge in [0.25, 0.3) is 5.91 Å². The average molecular weight is 364 g/mol. The average Bonchev–Trinajstić information content (AvgIpc) is 2.53. The van der Waals surface area contributed by atoms with Gasteiger partial charge in [0.2, 0.25) is 10.0 Å². The zero-order valence-corrected chi connectivity index (χ0v) is 15.7. The second-order valence-corrected chi connectivity index (χ2v) is 8.26. The van der Waals surface area contributed by atoms with E-state index in [9.17, 15) is 13.2 Å². The molecule has 0 saturated carbocycles. The fourth-order valence-electron chi connectivity index (χ4n) is 2.29. The summed E-state index contributed by atoms with van der Waals surface area (Å²) in [6.45, 7) is 1.74. The van der Waals surface area contributed by atoms with E-state index in [1.165, 1.54) is 11.4 Å². The molecule has 5 nitrogen and oxygen atoms in total. The maximum Gasteiger partial charge on any atom is 0.256 e. The highest BCUT2D eigenvalue weighted by atomic mass is 32.2. The molecular weight excluding hydrogens is 344 g/mol. The third-order valence-electron chi connectivity index (χ3n) is 3.71. The highest BCUT2D eigenvalue weighted by molar-refractivity contribution is 7.98. The van der Waals surface area contributed by atoms with Gasteiger partial charge in [0.15, 0.2) is 0 Å². The molecule has 0 saturated heterocycles. The lowest BCUT2D eigenvalue weighted by atomic mass is 10.1. The van der Waals surface area contributed by atoms with Crippen LogP contribution in [-0.4, -0.2) is 33.9 Å². The molecule has 2 aromatic carbocycles. The first-order chi connectivity index (χ1) is 11.2. The standard InChI is InChI=1S/C17H20N2O3S2/c1-12-15(9-6-10-16(12)19(2)24(4,21)22)17(20)18-13-7-5-8-14(11-13)23-3/h5-11H,1-4H3,(H,18,20). The SMILES string of the molecule is CSc1cccc(NC(=O)c2cccc(N(C)S(C)(=O)=O)c2C)c1. The summed E-state index contributed by atoms with van der Waals surface area (Å²) in [5.74, 6) is -0.269. The highest BCUT2D eigenvalue weighted by Gasteiger charge is 2.18. The number of amides is 1. The van der Waals surface area contributed by atoms with Crippen molar-refractivity contribution in [2.75, 3.05) is 29.2 Å². The lowest BCUT2D eigenvalue weighted by Crippen LogP contribution is -2.26. The van der Waals surface area contributed by atoms with E-state index in [4.69, 9.17) is 0 Å². The summed E-state index contributed by atoms with van der Waals surface area (Å²) in [6, 6.07) is 12.6. The molecule has 2 aromatic rings. The number of hydrogen-bond acceptors (Lipinski definition) is 4. The van der Waals surface area contributed by atoms with Crippen molar-refractivity contribution in [3.63, 3.8) is 0 Å². The number of carbonyl (C=O) groups is 1. The van der Waals surface area contributed by atoms with Crippen molar-refractivity contribution in [1.82, 2.24) is 0 Å². The molecule has 0 unspecified atom stereocenters. The Bertz CT molecular complexity index is 864. The Morgan fingerprint density at radius 1 is 1.17 bits per heavy atom. The van der Waals surface area contributed by atoms with E-state index >= 15 is 0 Å². The number of hydrogen-bond donors (Lipinski definition) is 1. The summed E-state index contributed by atoms with van der Waals surface area (Å²) in [6.07, 6.45) is 3.10. The minimum absolute atomic E-state index is 0.269. The molecule has 0 atom stereocenters. The van der Waals surface area contributed by atoms with Crippen LogP contribution in [0.5, 0.6) is 0 Å². The minimum Gasteiger partial charge on any atom is -0.322 e. The van der Waals surface area contributed by atoms with Crippen molar-refractivity contribution in [3.8, 4) is 0 Å². The van der Waals surface area contributed by atoms with Gasteiger partial charge in [0.1, 0.15) is 0 Å². The summed E-state index contributed by atoms with van der Waals surface area (Å²) in [4.78, 5) is 13.6. The smallest absolute Gasteiger partial charge is 0.256 e. The lowest BCUT2D eigenvalue weighted by molar-refractivity contribution is 0.102. The van der Waals surface area contributed by atoms with E-state index in [0.717, 1.165) is 11.2 Å². The minimum atomic E-state index is -3.39. The molecule has 0 aliphatic heterocycles. The predicted octanol–water partition coefficient (Wildman–Crippen LogP) is 3.37. The second kappa shape index (κ2) is 7.27. The van der Waals surface area contributed by atoms with E-state index in [-0.39, 0.29) is 5.91 Å². The van der Waals surface area contributed by atoms with Gasteiger partial charge in [0, 0.05) is 23.2 Å². The largest absolute Gasteiger partial charge is 0.322 e. The third-order valence-corrected chi connectivity index (χ3v) is 5.63. The number of benzene rings is 2. The molecule has 7 heteroatoms. The van der Waals surface area contributed by atoms with Gasteiger partial charge in [-0.25, -0.2) is 8.42 Å². The van der Waals surface area contributed by atoms with E-state index in [1.54, 1.807) is 36.9 Å². The van der Waals surface area contributed by atoms with Gasteiger partial charge >= 0.3 is 0 Å². The number of anilines is 2. The Balaban J connectivity index is 2.33. The molecule has 0 aliphatic rings. The van der Waals surface area contributed by atoms with Gasteiger partial charge in [0.05, 0.1) is 11.9 Å². The third kappa shape index (κ3) is 4.10. The highest BCUT2D eigenvalue weighted by Crippen LogP contribution is 2.25. The number of nitrogens with zero attached hydrogens (tertiary/aromatic N) is 1. The molecule has 2 rings (SSSR count). The fraction of sp³-hybridized carbons (Fsp3) is 0.235. The van der Waals surface area contributed by atoms with Crippen molar-refractivity contribution in [3.05, 3.63) is 53.6 Å². The van der Waals surface area contributed by atoms with Crippen molar-refractivity contribution in [2.45, 2.75) is 11.8 Å². The predicted molar refractivity (Wildman–Crippen MR) is 101 cm³/mol. The summed E-state index contributed by atoms with van der Waals surface area (Å²) in [7, 11) is -1.92. The van der Waals surface area contributed by atoms with Crippen LogP contribution in [0, 0.1) is 6.92 Å². The van der Waals surface area contributed by atoms with E-state index < -0.39 is 10.0 Å². The summed E-state index contributed by atoms with van der Waals surface area (Å²) < 4.78 is 24.7. The van der Waals surface area contributed by atoms with Crippen LogP contribution in [0.2, 0.25) is 0 Å². The Morgan fingerprint density at radius 3 is 2.46 bits per heavy atom. The van der Waals surface area contributed by atoms with Gasteiger partial charge in [-0.2, -0.15) is 0 Å². The van der Waals surface area contributed by atoms with Crippen LogP contribution in [-0.2, 0) is 10.0 Å². The first kappa shape index (κ1) is 18.4. The van der Waals surface area contributed by atoms with E-state index in [1.807, 2.05) is 30.5 Å². The number of sulfonamides is 1. The molecule has 0 fully saturated rings. The van der Waals surface area contributed by atoms with Crippen LogP contribution in [0.25, 0.3) is 0 Å². The van der Waals surface area contributed by atoms with Crippen molar-refractivity contribution in [1.29, 1.82) is 0 Å². The van der Waals surface area contributed by atoms with Gasteiger partial charge < -0.3 is 5.32 Å². The van der Waals surface area contributed by atoms with Gasteiger partial charge in [-0.05, 0) is 49.1 Å². The zero-order valence-electron chi connectivity index (χ0n) is 14.0. The molecule has 0 spiro atoms. The lowest BCUT2D eigenvalue weighted by Gasteiger charge is -2.20. The molecule has 1 N–H and O–H groups in total. The topological polar surface area (TPSA) is 66.5 Å². The fourth-order valence-corrected chi connectivity index (χ4v) is 3.30. The molecule has 0 aliphatic carbocycles. The van der Waals surface area contributed by atoms with E-state index in [0.29, 0.717) is 22.5 Å². The van der Waals surface area contributed by atoms with Gasteiger partial charge in [-0.3, -0.25) is 9.10 Å². The maximum absolute atomic E-state index is 12.6. The number of nitrogens with one attached hydrogen (secondary N) is 1. The first-order valence-electron chi connectivity index (χ1n) is 7.23. The Labute approximate surface area is 147 Å². The Morgan fingerprint density at radius 2 is 1.83 bits per heavy atom. The number of rotatable bonds is 5. The molecule has 24 heavy (non-hydrogen) atoms. The number of carbonyl (C=O) groups excluding carboxylic acids is 1. The molecular formula is C17H20N2O3S2. The molecule has 0 radical (unpaired) electrons. The Kier molecular flexibility index (Phi) is 5.56. The van der Waals surface area contributed by atoms with Crippen molar-refractivity contribution >= 4 is 39.1 Å². The van der Waals surface area contributed by atoms with Gasteiger partial charge in [-0.1, -0.05) is 12.1 Å². The molecule has 128 valence electrons. The van der Waals surface area contributed by atoms with E-state index in [2.05, 4.69) is 5.32 Å². The van der Waals surface area contributed by atoms with Crippen LogP contribution >= 0.6 is 11.8 Å². The summed E-state index contributed by atoms with van der Waals surface area (Å²) in [5.41, 5.74) is 2.25. The normalized spacial score (nSPS) is 11.2. The van der Waals surface area contributed by atoms with Crippen LogP contribution in [0.3, 0.4) is 0 Å². The molecule has 0 aromatic heterocycles. The van der Waals surface area contributed by atoms with Crippen molar-refractivity contribution in [2.24, 2.45) is 0 Å². The summed E-state index contributed by atoms with van der Waals surface area (Å²) in [5, 5.41) is 2.86. The zero-order chi connectivity index (χ0) is 17.9. The van der Waals surface area contributed by atoms with Crippen LogP contribution in [0.4, 0.5) is 11.4 Å². The van der Waals surface area contributed by atoms with Crippen LogP contribution in [0.15, 0.2) is 47.4 Å². The molecule has 1 amide bonds. The second-order valence-electron chi connectivity index (χ2n) is 5.37. The molecule has 0 bridgehead atoms. The quantitative estimate of drug-likeness (QED) is 0.826. The van der Waals surface area contributed by atoms with Crippen LogP contribution < -0.4 is 9.62 Å². The Hall–Kier alpha value is -1.99. The first-order valence-corrected chi connectivity index (χ1v) is 10.3. The monoisotopic (exact) mass is 364 g/mol. The van der Waals surface area contributed by atoms with Gasteiger partial charge in [-0.15, -0.1) is 11.8 Å². The molecule has 0 heterocycles. The summed E-state index contributed by atoms with van der Waals surface area (Å²) >= 11 is 1.59.